The van der Waals surface area contributed by atoms with Gasteiger partial charge in [-0.05, 0) is 36.6 Å². The lowest BCUT2D eigenvalue weighted by Gasteiger charge is -2.22. The van der Waals surface area contributed by atoms with Crippen LogP contribution in [-0.2, 0) is 14.3 Å². The van der Waals surface area contributed by atoms with Gasteiger partial charge in [0.15, 0.2) is 18.1 Å². The lowest BCUT2D eigenvalue weighted by atomic mass is 9.95. The van der Waals surface area contributed by atoms with E-state index in [1.165, 1.54) is 12.5 Å². The molecule has 3 rings (SSSR count). The van der Waals surface area contributed by atoms with Crippen LogP contribution in [-0.4, -0.2) is 37.7 Å². The van der Waals surface area contributed by atoms with E-state index in [4.69, 9.17) is 25.8 Å². The van der Waals surface area contributed by atoms with Gasteiger partial charge in [0.25, 0.3) is 5.91 Å². The number of hydrogen-bond donors (Lipinski definition) is 1. The van der Waals surface area contributed by atoms with E-state index in [2.05, 4.69) is 5.32 Å². The maximum atomic E-state index is 11.9. The fourth-order valence-corrected chi connectivity index (χ4v) is 3.49. The molecule has 1 aromatic carbocycles. The zero-order chi connectivity index (χ0) is 19.1. The van der Waals surface area contributed by atoms with E-state index in [1.54, 1.807) is 18.2 Å². The average molecular weight is 394 g/mol. The zero-order valence-electron chi connectivity index (χ0n) is 15.2. The van der Waals surface area contributed by atoms with E-state index in [1.807, 2.05) is 0 Å². The fraction of sp³-hybridized carbons (Fsp3) is 0.500. The Bertz CT molecular complexity index is 713. The van der Waals surface area contributed by atoms with E-state index in [-0.39, 0.29) is 18.6 Å². The van der Waals surface area contributed by atoms with Crippen molar-refractivity contribution in [3.8, 4) is 11.5 Å². The quantitative estimate of drug-likeness (QED) is 0.612. The van der Waals surface area contributed by atoms with Gasteiger partial charge in [-0.25, -0.2) is 4.79 Å². The van der Waals surface area contributed by atoms with Gasteiger partial charge in [0.2, 0.25) is 0 Å². The number of esters is 1. The molecule has 0 bridgehead atoms. The van der Waals surface area contributed by atoms with E-state index >= 15 is 0 Å². The highest BCUT2D eigenvalue weighted by molar-refractivity contribution is 6.32. The monoisotopic (exact) mass is 393 g/mol. The van der Waals surface area contributed by atoms with Gasteiger partial charge in [0, 0.05) is 18.5 Å². The minimum atomic E-state index is -0.586. The maximum absolute atomic E-state index is 11.9. The molecule has 1 heterocycles. The van der Waals surface area contributed by atoms with Crippen LogP contribution < -0.4 is 14.8 Å². The number of nitrogens with one attached hydrogen (secondary N) is 1. The molecular formula is C20H24ClNO5. The molecule has 7 heteroatoms. The van der Waals surface area contributed by atoms with Crippen LogP contribution in [0.3, 0.4) is 0 Å². The molecule has 1 aliphatic carbocycles. The normalized spacial score (nSPS) is 17.4. The molecule has 1 saturated carbocycles. The molecule has 0 aromatic heterocycles. The van der Waals surface area contributed by atoms with E-state index in [0.717, 1.165) is 32.1 Å². The van der Waals surface area contributed by atoms with Gasteiger partial charge >= 0.3 is 5.97 Å². The van der Waals surface area contributed by atoms with E-state index in [9.17, 15) is 9.59 Å². The summed E-state index contributed by atoms with van der Waals surface area (Å²) in [6, 6.07) is 3.64. The molecule has 146 valence electrons. The van der Waals surface area contributed by atoms with Crippen LogP contribution in [0.2, 0.25) is 5.02 Å². The summed E-state index contributed by atoms with van der Waals surface area (Å²) in [6.45, 7) is 0.827. The molecule has 1 amide bonds. The summed E-state index contributed by atoms with van der Waals surface area (Å²) in [4.78, 5) is 23.7. The van der Waals surface area contributed by atoms with E-state index in [0.29, 0.717) is 35.3 Å². The lowest BCUT2D eigenvalue weighted by molar-refractivity contribution is -0.144. The number of fused-ring (bicyclic) bond motifs is 1. The van der Waals surface area contributed by atoms with Gasteiger partial charge < -0.3 is 19.5 Å². The van der Waals surface area contributed by atoms with Crippen molar-refractivity contribution in [2.75, 3.05) is 19.8 Å². The first-order chi connectivity index (χ1) is 13.1. The van der Waals surface area contributed by atoms with Crippen molar-refractivity contribution in [3.63, 3.8) is 0 Å². The summed E-state index contributed by atoms with van der Waals surface area (Å²) in [5.74, 6) is 0.229. The molecule has 0 atom stereocenters. The largest absolute Gasteiger partial charge is 0.489 e. The highest BCUT2D eigenvalue weighted by Crippen LogP contribution is 2.38. The Morgan fingerprint density at radius 1 is 1.15 bits per heavy atom. The molecule has 0 spiro atoms. The minimum Gasteiger partial charge on any atom is -0.489 e. The van der Waals surface area contributed by atoms with Crippen molar-refractivity contribution in [2.45, 2.75) is 44.6 Å². The number of hydrogen-bond acceptors (Lipinski definition) is 5. The Labute approximate surface area is 163 Å². The molecular weight excluding hydrogens is 370 g/mol. The Balaban J connectivity index is 1.50. The molecule has 1 N–H and O–H groups in total. The summed E-state index contributed by atoms with van der Waals surface area (Å²) in [5, 5.41) is 3.33. The van der Waals surface area contributed by atoms with Crippen LogP contribution in [0.1, 0.15) is 44.1 Å². The van der Waals surface area contributed by atoms with Crippen molar-refractivity contribution in [3.05, 3.63) is 28.8 Å². The second-order valence-corrected chi connectivity index (χ2v) is 7.13. The van der Waals surface area contributed by atoms with Gasteiger partial charge in [0.1, 0.15) is 0 Å². The maximum Gasteiger partial charge on any atom is 0.331 e. The van der Waals surface area contributed by atoms with Crippen molar-refractivity contribution >= 4 is 29.6 Å². The Morgan fingerprint density at radius 2 is 1.93 bits per heavy atom. The van der Waals surface area contributed by atoms with Gasteiger partial charge in [-0.1, -0.05) is 30.9 Å². The molecule has 1 aromatic rings. The molecule has 27 heavy (non-hydrogen) atoms. The smallest absolute Gasteiger partial charge is 0.331 e. The van der Waals surface area contributed by atoms with Crippen LogP contribution in [0.25, 0.3) is 6.08 Å². The summed E-state index contributed by atoms with van der Waals surface area (Å²) in [6.07, 6.45) is 9.08. The minimum absolute atomic E-state index is 0.199. The van der Waals surface area contributed by atoms with Crippen LogP contribution in [0.5, 0.6) is 11.5 Å². The first kappa shape index (κ1) is 19.5. The van der Waals surface area contributed by atoms with E-state index < -0.39 is 5.97 Å². The van der Waals surface area contributed by atoms with Gasteiger partial charge in [-0.15, -0.1) is 0 Å². The number of carbonyl (C=O) groups is 2. The summed E-state index contributed by atoms with van der Waals surface area (Å²) in [7, 11) is 0. The summed E-state index contributed by atoms with van der Waals surface area (Å²) < 4.78 is 16.2. The molecule has 0 radical (unpaired) electrons. The number of rotatable bonds is 5. The molecule has 0 unspecified atom stereocenters. The molecule has 6 nitrogen and oxygen atoms in total. The Morgan fingerprint density at radius 3 is 2.74 bits per heavy atom. The van der Waals surface area contributed by atoms with Crippen LogP contribution in [0.15, 0.2) is 18.2 Å². The van der Waals surface area contributed by atoms with Crippen molar-refractivity contribution in [1.82, 2.24) is 5.32 Å². The first-order valence-electron chi connectivity index (χ1n) is 9.35. The number of halogens is 1. The number of benzene rings is 1. The van der Waals surface area contributed by atoms with Crippen molar-refractivity contribution in [1.29, 1.82) is 0 Å². The van der Waals surface area contributed by atoms with Crippen molar-refractivity contribution in [2.24, 2.45) is 0 Å². The first-order valence-corrected chi connectivity index (χ1v) is 9.73. The van der Waals surface area contributed by atoms with Gasteiger partial charge in [0.05, 0.1) is 18.2 Å². The van der Waals surface area contributed by atoms with Gasteiger partial charge in [-0.2, -0.15) is 0 Å². The van der Waals surface area contributed by atoms with Crippen LogP contribution in [0, 0.1) is 0 Å². The lowest BCUT2D eigenvalue weighted by Crippen LogP contribution is -2.38. The highest BCUT2D eigenvalue weighted by atomic mass is 35.5. The topological polar surface area (TPSA) is 73.9 Å². The average Bonchev–Trinajstić information content (AvgIpc) is 2.91. The second kappa shape index (κ2) is 9.65. The molecule has 1 aliphatic heterocycles. The van der Waals surface area contributed by atoms with Crippen LogP contribution in [0.4, 0.5) is 0 Å². The third kappa shape index (κ3) is 5.89. The number of carbonyl (C=O) groups excluding carboxylic acids is 2. The van der Waals surface area contributed by atoms with Crippen LogP contribution >= 0.6 is 11.6 Å². The summed E-state index contributed by atoms with van der Waals surface area (Å²) in [5.41, 5.74) is 0.688. The summed E-state index contributed by atoms with van der Waals surface area (Å²) >= 11 is 6.22. The fourth-order valence-electron chi connectivity index (χ4n) is 3.21. The predicted octanol–water partition coefficient (Wildman–Crippen LogP) is 3.51. The third-order valence-electron chi connectivity index (χ3n) is 4.55. The second-order valence-electron chi connectivity index (χ2n) is 6.72. The Kier molecular flexibility index (Phi) is 6.98. The highest BCUT2D eigenvalue weighted by Gasteiger charge is 2.17. The Hall–Kier alpha value is -2.21. The number of amides is 1. The molecule has 1 fully saturated rings. The predicted molar refractivity (Wildman–Crippen MR) is 102 cm³/mol. The molecule has 2 aliphatic rings. The SMILES string of the molecule is O=C(COC(=O)/C=C/c1cc(Cl)c2c(c1)OCCCO2)NC1CCCCC1. The van der Waals surface area contributed by atoms with Crippen molar-refractivity contribution < 1.29 is 23.8 Å². The standard InChI is InChI=1S/C20H24ClNO5/c21-16-11-14(12-17-20(16)26-10-4-9-25-17)7-8-19(24)27-13-18(23)22-15-5-2-1-3-6-15/h7-8,11-12,15H,1-6,9-10,13H2,(H,22,23)/b8-7+. The van der Waals surface area contributed by atoms with Gasteiger partial charge in [-0.3, -0.25) is 4.79 Å². The zero-order valence-corrected chi connectivity index (χ0v) is 15.9. The number of ether oxygens (including phenoxy) is 3. The third-order valence-corrected chi connectivity index (χ3v) is 4.83. The molecule has 0 saturated heterocycles.